The molecule has 2 aromatic carbocycles. The number of rotatable bonds is 11. The Morgan fingerprint density at radius 2 is 1.60 bits per heavy atom. The van der Waals surface area contributed by atoms with E-state index in [-0.39, 0.29) is 18.5 Å². The second-order valence-corrected chi connectivity index (χ2v) is 7.07. The molecule has 30 heavy (non-hydrogen) atoms. The lowest BCUT2D eigenvalue weighted by molar-refractivity contribution is -0.463. The molecule has 8 nitrogen and oxygen atoms in total. The maximum atomic E-state index is 12.7. The topological polar surface area (TPSA) is 149 Å². The van der Waals surface area contributed by atoms with Gasteiger partial charge in [0.25, 0.3) is 5.91 Å². The Morgan fingerprint density at radius 1 is 1.00 bits per heavy atom. The summed E-state index contributed by atoms with van der Waals surface area (Å²) in [6, 6.07) is 17.6. The monoisotopic (exact) mass is 413 g/mol. The predicted octanol–water partition coefficient (Wildman–Crippen LogP) is -1.80. The third-order valence-corrected chi connectivity index (χ3v) is 4.54. The fourth-order valence-corrected chi connectivity index (χ4v) is 2.87. The van der Waals surface area contributed by atoms with Crippen molar-refractivity contribution < 1.29 is 25.1 Å². The number of guanidine groups is 1. The number of ether oxygens (including phenoxy) is 1. The molecule has 1 amide bonds. The second kappa shape index (κ2) is 12.2. The van der Waals surface area contributed by atoms with E-state index in [1.165, 1.54) is 0 Å². The minimum absolute atomic E-state index is 0.143. The van der Waals surface area contributed by atoms with E-state index in [0.29, 0.717) is 25.8 Å². The van der Waals surface area contributed by atoms with Crippen LogP contribution in [0.25, 0.3) is 0 Å². The molecule has 0 fully saturated rings. The van der Waals surface area contributed by atoms with E-state index in [9.17, 15) is 9.59 Å². The highest BCUT2D eigenvalue weighted by molar-refractivity contribution is 5.86. The molecule has 0 heterocycles. The third-order valence-electron chi connectivity index (χ3n) is 4.54. The summed E-state index contributed by atoms with van der Waals surface area (Å²) in [5.41, 5.74) is 16.4. The van der Waals surface area contributed by atoms with Gasteiger partial charge in [-0.1, -0.05) is 60.7 Å². The second-order valence-electron chi connectivity index (χ2n) is 7.07. The summed E-state index contributed by atoms with van der Waals surface area (Å²) in [7, 11) is 0. The van der Waals surface area contributed by atoms with Crippen LogP contribution >= 0.6 is 0 Å². The van der Waals surface area contributed by atoms with Crippen LogP contribution < -0.4 is 27.5 Å². The molecule has 0 radical (unpaired) electrons. The lowest BCUT2D eigenvalue weighted by Gasteiger charge is -2.19. The van der Waals surface area contributed by atoms with Crippen molar-refractivity contribution in [3.63, 3.8) is 0 Å². The van der Waals surface area contributed by atoms with Crippen molar-refractivity contribution in [3.8, 4) is 0 Å². The van der Waals surface area contributed by atoms with E-state index in [4.69, 9.17) is 16.2 Å². The van der Waals surface area contributed by atoms with Crippen molar-refractivity contribution in [1.82, 2.24) is 5.32 Å². The Balaban J connectivity index is 1.96. The molecule has 0 aromatic heterocycles. The lowest BCUT2D eigenvalue weighted by atomic mass is 10.0. The number of amides is 1. The van der Waals surface area contributed by atoms with Gasteiger partial charge in [-0.2, -0.15) is 0 Å². The summed E-state index contributed by atoms with van der Waals surface area (Å²) in [6.45, 7) is 0.700. The Hall–Kier alpha value is -3.39. The van der Waals surface area contributed by atoms with Crippen LogP contribution in [0.15, 0.2) is 60.7 Å². The fraction of sp³-hybridized carbons (Fsp3) is 0.318. The number of carbonyl (C=O) groups excluding carboxylic acids is 2. The van der Waals surface area contributed by atoms with Crippen LogP contribution in [0.5, 0.6) is 0 Å². The van der Waals surface area contributed by atoms with Crippen molar-refractivity contribution in [3.05, 3.63) is 71.8 Å². The summed E-state index contributed by atoms with van der Waals surface area (Å²) in [5, 5.41) is 2.80. The van der Waals surface area contributed by atoms with Crippen molar-refractivity contribution in [1.29, 1.82) is 0 Å². The standard InChI is InChI=1S/C22H29N5O3/c23-18(12-7-13-26-22(24)25)20(28)27-19(14-16-8-3-1-4-9-16)21(29)30-15-17-10-5-2-6-11-17/h1-6,8-11,18-19H,7,12-15,23H2,(H,27,28)(H4,24,25,26)/p+2/t18-,19-/m0/s1. The van der Waals surface area contributed by atoms with E-state index in [0.717, 1.165) is 11.1 Å². The summed E-state index contributed by atoms with van der Waals surface area (Å²) in [5.74, 6) is -0.628. The van der Waals surface area contributed by atoms with Crippen LogP contribution in [-0.4, -0.2) is 36.5 Å². The number of benzene rings is 2. The van der Waals surface area contributed by atoms with Gasteiger partial charge in [0, 0.05) is 12.8 Å². The molecule has 8 heteroatoms. The highest BCUT2D eigenvalue weighted by Crippen LogP contribution is 2.08. The Morgan fingerprint density at radius 3 is 2.20 bits per heavy atom. The number of esters is 1. The first-order chi connectivity index (χ1) is 14.5. The van der Waals surface area contributed by atoms with Crippen molar-refractivity contribution in [2.45, 2.75) is 38.0 Å². The molecule has 0 bridgehead atoms. The number of carbonyl (C=O) groups is 2. The quantitative estimate of drug-likeness (QED) is 0.128. The van der Waals surface area contributed by atoms with Gasteiger partial charge in [-0.25, -0.2) is 4.79 Å². The number of nitrogens with two attached hydrogens (primary N) is 2. The van der Waals surface area contributed by atoms with Gasteiger partial charge in [-0.05, 0) is 17.5 Å². The highest BCUT2D eigenvalue weighted by atomic mass is 16.5. The smallest absolute Gasteiger partial charge is 0.338 e. The minimum Gasteiger partial charge on any atom is -0.459 e. The van der Waals surface area contributed by atoms with Crippen molar-refractivity contribution in [2.24, 2.45) is 11.5 Å². The lowest BCUT2D eigenvalue weighted by Crippen LogP contribution is -2.78. The van der Waals surface area contributed by atoms with Gasteiger partial charge < -0.3 is 15.8 Å². The SMILES string of the molecule is NC(N)=[NH+]CCC[C@H]([NH3+])C(=O)N[C@@H](Cc1ccccc1)C(=O)OCc1ccccc1. The van der Waals surface area contributed by atoms with E-state index in [2.05, 4.69) is 16.0 Å². The summed E-state index contributed by atoms with van der Waals surface area (Å²) in [6.07, 6.45) is 1.54. The minimum atomic E-state index is -0.793. The van der Waals surface area contributed by atoms with Gasteiger partial charge in [-0.15, -0.1) is 0 Å². The zero-order valence-corrected chi connectivity index (χ0v) is 17.1. The normalized spacial score (nSPS) is 12.4. The molecule has 2 aromatic rings. The predicted molar refractivity (Wildman–Crippen MR) is 113 cm³/mol. The van der Waals surface area contributed by atoms with Crippen LogP contribution in [0, 0.1) is 0 Å². The van der Waals surface area contributed by atoms with Gasteiger partial charge in [0.15, 0.2) is 6.04 Å². The number of quaternary nitrogens is 1. The largest absolute Gasteiger partial charge is 0.459 e. The molecule has 2 rings (SSSR count). The number of hydrogen-bond acceptors (Lipinski definition) is 3. The van der Waals surface area contributed by atoms with Crippen molar-refractivity contribution >= 4 is 17.8 Å². The first kappa shape index (κ1) is 22.9. The van der Waals surface area contributed by atoms with Gasteiger partial charge >= 0.3 is 11.9 Å². The molecule has 9 N–H and O–H groups in total. The first-order valence-electron chi connectivity index (χ1n) is 9.95. The molecule has 0 saturated carbocycles. The zero-order valence-electron chi connectivity index (χ0n) is 17.1. The maximum absolute atomic E-state index is 12.7. The summed E-state index contributed by atoms with van der Waals surface area (Å²) in [4.78, 5) is 28.1. The van der Waals surface area contributed by atoms with Gasteiger partial charge in [0.1, 0.15) is 12.6 Å². The van der Waals surface area contributed by atoms with E-state index < -0.39 is 18.1 Å². The summed E-state index contributed by atoms with van der Waals surface area (Å²) < 4.78 is 5.45. The van der Waals surface area contributed by atoms with Gasteiger partial charge in [0.05, 0.1) is 6.54 Å². The van der Waals surface area contributed by atoms with Crippen LogP contribution in [0.2, 0.25) is 0 Å². The van der Waals surface area contributed by atoms with Gasteiger partial charge in [0.2, 0.25) is 0 Å². The molecule has 0 spiro atoms. The molecule has 0 unspecified atom stereocenters. The Kier molecular flexibility index (Phi) is 9.33. The van der Waals surface area contributed by atoms with E-state index >= 15 is 0 Å². The van der Waals surface area contributed by atoms with Crippen molar-refractivity contribution in [2.75, 3.05) is 6.54 Å². The maximum Gasteiger partial charge on any atom is 0.338 e. The molecule has 2 atom stereocenters. The van der Waals surface area contributed by atoms with E-state index in [1.54, 1.807) is 0 Å². The molecule has 0 saturated heterocycles. The number of nitrogens with one attached hydrogen (secondary N) is 2. The van der Waals surface area contributed by atoms with Gasteiger partial charge in [-0.3, -0.25) is 21.3 Å². The van der Waals surface area contributed by atoms with E-state index in [1.807, 2.05) is 60.7 Å². The highest BCUT2D eigenvalue weighted by Gasteiger charge is 2.26. The third kappa shape index (κ3) is 8.32. The Bertz CT molecular complexity index is 823. The fourth-order valence-electron chi connectivity index (χ4n) is 2.87. The molecular weight excluding hydrogens is 382 g/mol. The number of hydrogen-bond donors (Lipinski definition) is 5. The van der Waals surface area contributed by atoms with Crippen LogP contribution in [0.3, 0.4) is 0 Å². The average molecular weight is 414 g/mol. The summed E-state index contributed by atoms with van der Waals surface area (Å²) >= 11 is 0. The average Bonchev–Trinajstić information content (AvgIpc) is 2.75. The van der Waals surface area contributed by atoms with Crippen LogP contribution in [-0.2, 0) is 27.4 Å². The molecular formula is C22H31N5O3+2. The zero-order chi connectivity index (χ0) is 21.8. The van der Waals surface area contributed by atoms with Crippen LogP contribution in [0.1, 0.15) is 24.0 Å². The molecule has 160 valence electrons. The molecule has 0 aliphatic heterocycles. The Labute approximate surface area is 176 Å². The molecule has 0 aliphatic carbocycles. The molecule has 0 aliphatic rings. The van der Waals surface area contributed by atoms with Crippen LogP contribution in [0.4, 0.5) is 0 Å². The first-order valence-corrected chi connectivity index (χ1v) is 9.95.